The van der Waals surface area contributed by atoms with Gasteiger partial charge in [-0.1, -0.05) is 0 Å². The van der Waals surface area contributed by atoms with E-state index in [0.29, 0.717) is 16.7 Å². The molecule has 0 aliphatic carbocycles. The first-order valence-corrected chi connectivity index (χ1v) is 4.84. The summed E-state index contributed by atoms with van der Waals surface area (Å²) in [6.07, 6.45) is 0. The zero-order chi connectivity index (χ0) is 11.9. The minimum Gasteiger partial charge on any atom is -0.408 e. The highest BCUT2D eigenvalue weighted by Gasteiger charge is 2.23. The van der Waals surface area contributed by atoms with Gasteiger partial charge in [0.15, 0.2) is 11.4 Å². The third-order valence-corrected chi connectivity index (χ3v) is 2.27. The molecule has 5 nitrogen and oxygen atoms in total. The molecule has 2 rings (SSSR count). The zero-order valence-electron chi connectivity index (χ0n) is 9.03. The summed E-state index contributed by atoms with van der Waals surface area (Å²) >= 11 is 0. The zero-order valence-corrected chi connectivity index (χ0v) is 9.03. The number of carbonyl (C=O) groups is 1. The van der Waals surface area contributed by atoms with Crippen molar-refractivity contribution < 1.29 is 9.21 Å². The maximum absolute atomic E-state index is 11.9. The molecular formula is C11H12N2O3. The summed E-state index contributed by atoms with van der Waals surface area (Å²) < 4.78 is 4.83. The minimum atomic E-state index is -0.933. The molecule has 0 amide bonds. The van der Waals surface area contributed by atoms with Gasteiger partial charge in [0, 0.05) is 5.56 Å². The quantitative estimate of drug-likeness (QED) is 0.740. The Morgan fingerprint density at radius 1 is 1.44 bits per heavy atom. The lowest BCUT2D eigenvalue weighted by atomic mass is 9.94. The summed E-state index contributed by atoms with van der Waals surface area (Å²) in [6.45, 7) is 3.27. The van der Waals surface area contributed by atoms with Gasteiger partial charge >= 0.3 is 5.76 Å². The van der Waals surface area contributed by atoms with Crippen molar-refractivity contribution in [2.75, 3.05) is 0 Å². The number of H-pyrrole nitrogens is 1. The second-order valence-corrected chi connectivity index (χ2v) is 4.28. The first kappa shape index (κ1) is 10.6. The normalized spacial score (nSPS) is 11.9. The van der Waals surface area contributed by atoms with E-state index in [4.69, 9.17) is 10.2 Å². The Bertz CT molecular complexity index is 601. The van der Waals surface area contributed by atoms with Gasteiger partial charge in [0.2, 0.25) is 0 Å². The number of hydrogen-bond acceptors (Lipinski definition) is 4. The number of ketones is 1. The van der Waals surface area contributed by atoms with Crippen molar-refractivity contribution in [2.24, 2.45) is 5.73 Å². The smallest absolute Gasteiger partial charge is 0.408 e. The molecule has 0 saturated carbocycles. The molecule has 0 spiro atoms. The molecule has 0 saturated heterocycles. The number of nitrogens with one attached hydrogen (secondary N) is 1. The molecule has 84 valence electrons. The molecule has 0 aliphatic heterocycles. The van der Waals surface area contributed by atoms with E-state index < -0.39 is 11.3 Å². The number of oxazole rings is 1. The van der Waals surface area contributed by atoms with Crippen LogP contribution in [-0.2, 0) is 0 Å². The maximum atomic E-state index is 11.9. The van der Waals surface area contributed by atoms with E-state index in [1.165, 1.54) is 0 Å². The van der Waals surface area contributed by atoms with Crippen LogP contribution in [0.4, 0.5) is 0 Å². The highest BCUT2D eigenvalue weighted by atomic mass is 16.4. The molecule has 3 N–H and O–H groups in total. The first-order valence-electron chi connectivity index (χ1n) is 4.84. The van der Waals surface area contributed by atoms with Crippen molar-refractivity contribution in [1.82, 2.24) is 4.98 Å². The lowest BCUT2D eigenvalue weighted by molar-refractivity contribution is 0.0913. The Morgan fingerprint density at radius 2 is 2.12 bits per heavy atom. The van der Waals surface area contributed by atoms with Gasteiger partial charge in [-0.25, -0.2) is 4.79 Å². The van der Waals surface area contributed by atoms with Gasteiger partial charge in [-0.05, 0) is 32.0 Å². The number of fused-ring (bicyclic) bond motifs is 1. The molecule has 5 heteroatoms. The van der Waals surface area contributed by atoms with E-state index in [1.54, 1.807) is 32.0 Å². The summed E-state index contributed by atoms with van der Waals surface area (Å²) in [4.78, 5) is 25.3. The fourth-order valence-corrected chi connectivity index (χ4v) is 1.47. The van der Waals surface area contributed by atoms with Crippen molar-refractivity contribution in [1.29, 1.82) is 0 Å². The predicted molar refractivity (Wildman–Crippen MR) is 59.4 cm³/mol. The van der Waals surface area contributed by atoms with Crippen LogP contribution in [-0.4, -0.2) is 16.3 Å². The summed E-state index contributed by atoms with van der Waals surface area (Å²) in [5, 5.41) is 0. The molecule has 0 atom stereocenters. The molecule has 1 aromatic heterocycles. The van der Waals surface area contributed by atoms with Gasteiger partial charge in [0.25, 0.3) is 0 Å². The summed E-state index contributed by atoms with van der Waals surface area (Å²) in [6, 6.07) is 4.74. The van der Waals surface area contributed by atoms with Gasteiger partial charge in [-0.3, -0.25) is 9.78 Å². The summed E-state index contributed by atoms with van der Waals surface area (Å²) in [7, 11) is 0. The molecule has 0 radical (unpaired) electrons. The number of rotatable bonds is 2. The number of aromatic nitrogens is 1. The number of benzene rings is 1. The van der Waals surface area contributed by atoms with Crippen molar-refractivity contribution in [3.63, 3.8) is 0 Å². The molecular weight excluding hydrogens is 208 g/mol. The highest BCUT2D eigenvalue weighted by Crippen LogP contribution is 2.16. The highest BCUT2D eigenvalue weighted by molar-refractivity contribution is 6.04. The van der Waals surface area contributed by atoms with Crippen molar-refractivity contribution in [3.05, 3.63) is 34.3 Å². The Hall–Kier alpha value is -1.88. The predicted octanol–water partition coefficient (Wildman–Crippen LogP) is 1.04. The summed E-state index contributed by atoms with van der Waals surface area (Å²) in [5.41, 5.74) is 6.17. The number of carbonyl (C=O) groups excluding carboxylic acids is 1. The van der Waals surface area contributed by atoms with E-state index >= 15 is 0 Å². The lowest BCUT2D eigenvalue weighted by Gasteiger charge is -2.16. The van der Waals surface area contributed by atoms with Gasteiger partial charge in [0.1, 0.15) is 0 Å². The van der Waals surface area contributed by atoms with Crippen LogP contribution in [0.3, 0.4) is 0 Å². The average molecular weight is 220 g/mol. The molecule has 1 aromatic carbocycles. The second-order valence-electron chi connectivity index (χ2n) is 4.28. The van der Waals surface area contributed by atoms with Crippen molar-refractivity contribution >= 4 is 16.9 Å². The van der Waals surface area contributed by atoms with Gasteiger partial charge < -0.3 is 10.2 Å². The Kier molecular flexibility index (Phi) is 2.20. The monoisotopic (exact) mass is 220 g/mol. The fourth-order valence-electron chi connectivity index (χ4n) is 1.47. The molecule has 0 bridgehead atoms. The number of hydrogen-bond donors (Lipinski definition) is 2. The Labute approximate surface area is 91.2 Å². The third-order valence-electron chi connectivity index (χ3n) is 2.27. The first-order chi connectivity index (χ1) is 7.38. The van der Waals surface area contributed by atoms with E-state index in [1.807, 2.05) is 0 Å². The molecule has 1 heterocycles. The van der Waals surface area contributed by atoms with Crippen LogP contribution < -0.4 is 11.5 Å². The topological polar surface area (TPSA) is 89.1 Å². The van der Waals surface area contributed by atoms with E-state index in [2.05, 4.69) is 4.98 Å². The largest absolute Gasteiger partial charge is 0.417 e. The lowest BCUT2D eigenvalue weighted by Crippen LogP contribution is -2.41. The van der Waals surface area contributed by atoms with Gasteiger partial charge in [0.05, 0.1) is 11.1 Å². The standard InChI is InChI=1S/C11H12N2O3/c1-11(2,12)9(14)6-3-4-8-7(5-6)13-10(15)16-8/h3-5H,12H2,1-2H3,(H,13,15). The summed E-state index contributed by atoms with van der Waals surface area (Å²) in [5.74, 6) is -0.719. The molecule has 0 fully saturated rings. The van der Waals surface area contributed by atoms with Crippen LogP contribution in [0.25, 0.3) is 11.1 Å². The van der Waals surface area contributed by atoms with Gasteiger partial charge in [-0.2, -0.15) is 0 Å². The Morgan fingerprint density at radius 3 is 2.75 bits per heavy atom. The second kappa shape index (κ2) is 3.31. The van der Waals surface area contributed by atoms with Crippen molar-refractivity contribution in [2.45, 2.75) is 19.4 Å². The SMILES string of the molecule is CC(C)(N)C(=O)c1ccc2oc(=O)[nH]c2c1. The van der Waals surface area contributed by atoms with Gasteiger partial charge in [-0.15, -0.1) is 0 Å². The fraction of sp³-hybridized carbons (Fsp3) is 0.273. The van der Waals surface area contributed by atoms with Crippen LogP contribution in [0.1, 0.15) is 24.2 Å². The van der Waals surface area contributed by atoms with Crippen LogP contribution in [0, 0.1) is 0 Å². The van der Waals surface area contributed by atoms with E-state index in [9.17, 15) is 9.59 Å². The number of nitrogens with two attached hydrogens (primary N) is 1. The van der Waals surface area contributed by atoms with E-state index in [-0.39, 0.29) is 5.78 Å². The maximum Gasteiger partial charge on any atom is 0.417 e. The van der Waals surface area contributed by atoms with Crippen LogP contribution in [0.5, 0.6) is 0 Å². The van der Waals surface area contributed by atoms with Crippen molar-refractivity contribution in [3.8, 4) is 0 Å². The number of Topliss-reactive ketones (excluding diaryl/α,β-unsaturated/α-hetero) is 1. The van der Waals surface area contributed by atoms with Crippen LogP contribution >= 0.6 is 0 Å². The number of aromatic amines is 1. The minimum absolute atomic E-state index is 0.184. The molecule has 2 aromatic rings. The third kappa shape index (κ3) is 1.77. The average Bonchev–Trinajstić information content (AvgIpc) is 2.54. The van der Waals surface area contributed by atoms with E-state index in [0.717, 1.165) is 0 Å². The molecule has 0 unspecified atom stereocenters. The van der Waals surface area contributed by atoms with Crippen LogP contribution in [0.15, 0.2) is 27.4 Å². The van der Waals surface area contributed by atoms with Crippen LogP contribution in [0.2, 0.25) is 0 Å². The molecule has 16 heavy (non-hydrogen) atoms. The molecule has 0 aliphatic rings. The Balaban J connectivity index is 2.55.